The van der Waals surface area contributed by atoms with Crippen LogP contribution in [0.5, 0.6) is 0 Å². The maximum Gasteiger partial charge on any atom is 0.251 e. The Morgan fingerprint density at radius 2 is 1.54 bits per heavy atom. The summed E-state index contributed by atoms with van der Waals surface area (Å²) >= 11 is 0. The van der Waals surface area contributed by atoms with Crippen LogP contribution in [0.1, 0.15) is 34.3 Å². The molecule has 2 rings (SSSR count). The highest BCUT2D eigenvalue weighted by atomic mass is 16.2. The molecule has 0 aliphatic rings. The van der Waals surface area contributed by atoms with E-state index in [1.54, 1.807) is 12.1 Å². The minimum atomic E-state index is -0.121. The zero-order valence-electron chi connectivity index (χ0n) is 14.0. The van der Waals surface area contributed by atoms with Gasteiger partial charge in [-0.2, -0.15) is 0 Å². The molecule has 2 N–H and O–H groups in total. The van der Waals surface area contributed by atoms with Crippen LogP contribution < -0.4 is 10.6 Å². The van der Waals surface area contributed by atoms with E-state index in [9.17, 15) is 9.59 Å². The first-order valence-corrected chi connectivity index (χ1v) is 8.30. The van der Waals surface area contributed by atoms with Crippen molar-refractivity contribution in [3.8, 4) is 0 Å². The number of hydrogen-bond acceptors (Lipinski definition) is 2. The Morgan fingerprint density at radius 3 is 2.25 bits per heavy atom. The Bertz CT molecular complexity index is 651. The van der Waals surface area contributed by atoms with Crippen LogP contribution >= 0.6 is 0 Å². The molecule has 0 saturated heterocycles. The molecule has 0 aromatic heterocycles. The van der Waals surface area contributed by atoms with E-state index >= 15 is 0 Å². The van der Waals surface area contributed by atoms with Crippen molar-refractivity contribution in [2.24, 2.45) is 0 Å². The molecule has 24 heavy (non-hydrogen) atoms. The summed E-state index contributed by atoms with van der Waals surface area (Å²) in [6.07, 6.45) is 2.23. The second kappa shape index (κ2) is 9.50. The van der Waals surface area contributed by atoms with Gasteiger partial charge in [-0.3, -0.25) is 9.59 Å². The molecule has 4 heteroatoms. The molecular formula is C20H24N2O2. The van der Waals surface area contributed by atoms with Crippen LogP contribution in [-0.4, -0.2) is 24.9 Å². The quantitative estimate of drug-likeness (QED) is 0.734. The van der Waals surface area contributed by atoms with Crippen LogP contribution in [-0.2, 0) is 11.2 Å². The van der Waals surface area contributed by atoms with Gasteiger partial charge in [-0.1, -0.05) is 48.0 Å². The van der Waals surface area contributed by atoms with Crippen LogP contribution in [0.2, 0.25) is 0 Å². The number of amides is 2. The summed E-state index contributed by atoms with van der Waals surface area (Å²) in [5.41, 5.74) is 3.12. The maximum absolute atomic E-state index is 11.8. The van der Waals surface area contributed by atoms with Gasteiger partial charge >= 0.3 is 0 Å². The first-order chi connectivity index (χ1) is 11.6. The predicted molar refractivity (Wildman–Crippen MR) is 95.9 cm³/mol. The highest BCUT2D eigenvalue weighted by Crippen LogP contribution is 2.07. The molecule has 0 aliphatic carbocycles. The molecule has 126 valence electrons. The summed E-state index contributed by atoms with van der Waals surface area (Å²) in [6.45, 7) is 2.94. The van der Waals surface area contributed by atoms with Crippen molar-refractivity contribution in [2.75, 3.05) is 13.1 Å². The molecular weight excluding hydrogens is 300 g/mol. The van der Waals surface area contributed by atoms with Crippen LogP contribution in [0.4, 0.5) is 0 Å². The fraction of sp³-hybridized carbons (Fsp3) is 0.300. The highest BCUT2D eigenvalue weighted by molar-refractivity contribution is 5.94. The fourth-order valence-corrected chi connectivity index (χ4v) is 2.37. The van der Waals surface area contributed by atoms with Gasteiger partial charge in [0, 0.05) is 25.1 Å². The van der Waals surface area contributed by atoms with Gasteiger partial charge in [-0.15, -0.1) is 0 Å². The third-order valence-corrected chi connectivity index (χ3v) is 3.76. The molecule has 0 aliphatic heterocycles. The van der Waals surface area contributed by atoms with Crippen molar-refractivity contribution < 1.29 is 9.59 Å². The van der Waals surface area contributed by atoms with Crippen molar-refractivity contribution >= 4 is 11.8 Å². The summed E-state index contributed by atoms with van der Waals surface area (Å²) in [5, 5.41) is 5.62. The standard InChI is InChI=1S/C20H24N2O2/c1-16-10-12-17(13-11-16)6-5-9-19(23)21-14-15-22-20(24)18-7-3-2-4-8-18/h2-4,7-8,10-13H,5-6,9,14-15H2,1H3,(H,21,23)(H,22,24). The van der Waals surface area contributed by atoms with E-state index in [2.05, 4.69) is 41.8 Å². The van der Waals surface area contributed by atoms with Gasteiger partial charge in [0.05, 0.1) is 0 Å². The van der Waals surface area contributed by atoms with E-state index in [1.807, 2.05) is 18.2 Å². The Hall–Kier alpha value is -2.62. The van der Waals surface area contributed by atoms with Gasteiger partial charge in [0.15, 0.2) is 0 Å². The van der Waals surface area contributed by atoms with Gasteiger partial charge in [0.1, 0.15) is 0 Å². The van der Waals surface area contributed by atoms with Crippen molar-refractivity contribution in [1.82, 2.24) is 10.6 Å². The minimum Gasteiger partial charge on any atom is -0.354 e. The number of carbonyl (C=O) groups is 2. The van der Waals surface area contributed by atoms with Gasteiger partial charge in [-0.05, 0) is 37.5 Å². The van der Waals surface area contributed by atoms with Gasteiger partial charge in [0.25, 0.3) is 5.91 Å². The van der Waals surface area contributed by atoms with E-state index in [-0.39, 0.29) is 11.8 Å². The second-order valence-corrected chi connectivity index (χ2v) is 5.81. The molecule has 2 amide bonds. The highest BCUT2D eigenvalue weighted by Gasteiger charge is 2.04. The average Bonchev–Trinajstić information content (AvgIpc) is 2.61. The number of hydrogen-bond donors (Lipinski definition) is 2. The molecule has 0 heterocycles. The van der Waals surface area contributed by atoms with Crippen molar-refractivity contribution in [2.45, 2.75) is 26.2 Å². The van der Waals surface area contributed by atoms with E-state index in [4.69, 9.17) is 0 Å². The Balaban J connectivity index is 1.56. The molecule has 0 saturated carbocycles. The topological polar surface area (TPSA) is 58.2 Å². The van der Waals surface area contributed by atoms with Crippen LogP contribution in [0.25, 0.3) is 0 Å². The van der Waals surface area contributed by atoms with E-state index < -0.39 is 0 Å². The van der Waals surface area contributed by atoms with Crippen LogP contribution in [0.15, 0.2) is 54.6 Å². The summed E-state index contributed by atoms with van der Waals surface area (Å²) in [7, 11) is 0. The average molecular weight is 324 g/mol. The van der Waals surface area contributed by atoms with Crippen molar-refractivity contribution in [3.05, 3.63) is 71.3 Å². The Labute approximate surface area is 143 Å². The molecule has 0 unspecified atom stereocenters. The van der Waals surface area contributed by atoms with E-state index in [1.165, 1.54) is 11.1 Å². The summed E-state index contributed by atoms with van der Waals surface area (Å²) in [6, 6.07) is 17.4. The zero-order valence-corrected chi connectivity index (χ0v) is 14.0. The van der Waals surface area contributed by atoms with E-state index in [0.29, 0.717) is 25.1 Å². The Kier molecular flexibility index (Phi) is 7.02. The monoisotopic (exact) mass is 324 g/mol. The third-order valence-electron chi connectivity index (χ3n) is 3.76. The SMILES string of the molecule is Cc1ccc(CCCC(=O)NCCNC(=O)c2ccccc2)cc1. The largest absolute Gasteiger partial charge is 0.354 e. The minimum absolute atomic E-state index is 0.0241. The maximum atomic E-state index is 11.8. The third kappa shape index (κ3) is 6.24. The van der Waals surface area contributed by atoms with E-state index in [0.717, 1.165) is 12.8 Å². The lowest BCUT2D eigenvalue weighted by Crippen LogP contribution is -2.34. The summed E-state index contributed by atoms with van der Waals surface area (Å²) in [5.74, 6) is -0.0970. The first-order valence-electron chi connectivity index (χ1n) is 8.30. The van der Waals surface area contributed by atoms with Crippen LogP contribution in [0.3, 0.4) is 0 Å². The molecule has 2 aromatic rings. The summed E-state index contributed by atoms with van der Waals surface area (Å²) in [4.78, 5) is 23.6. The summed E-state index contributed by atoms with van der Waals surface area (Å²) < 4.78 is 0. The Morgan fingerprint density at radius 1 is 0.875 bits per heavy atom. The van der Waals surface area contributed by atoms with Crippen molar-refractivity contribution in [3.63, 3.8) is 0 Å². The first kappa shape index (κ1) is 17.7. The fourth-order valence-electron chi connectivity index (χ4n) is 2.37. The van der Waals surface area contributed by atoms with Gasteiger partial charge < -0.3 is 10.6 Å². The zero-order chi connectivity index (χ0) is 17.2. The lowest BCUT2D eigenvalue weighted by molar-refractivity contribution is -0.121. The lowest BCUT2D eigenvalue weighted by atomic mass is 10.1. The predicted octanol–water partition coefficient (Wildman–Crippen LogP) is 2.86. The molecule has 0 radical (unpaired) electrons. The molecule has 4 nitrogen and oxygen atoms in total. The number of rotatable bonds is 8. The lowest BCUT2D eigenvalue weighted by Gasteiger charge is -2.07. The van der Waals surface area contributed by atoms with Crippen LogP contribution in [0, 0.1) is 6.92 Å². The molecule has 0 fully saturated rings. The number of benzene rings is 2. The normalized spacial score (nSPS) is 10.2. The molecule has 0 atom stereocenters. The number of nitrogens with one attached hydrogen (secondary N) is 2. The van der Waals surface area contributed by atoms with Crippen molar-refractivity contribution in [1.29, 1.82) is 0 Å². The van der Waals surface area contributed by atoms with Gasteiger partial charge in [-0.25, -0.2) is 0 Å². The number of aryl methyl sites for hydroxylation is 2. The second-order valence-electron chi connectivity index (χ2n) is 5.81. The molecule has 0 bridgehead atoms. The van der Waals surface area contributed by atoms with Gasteiger partial charge in [0.2, 0.25) is 5.91 Å². The number of carbonyl (C=O) groups excluding carboxylic acids is 2. The smallest absolute Gasteiger partial charge is 0.251 e. The molecule has 2 aromatic carbocycles. The molecule has 0 spiro atoms.